The molecule has 3 N–H and O–H groups in total. The molecule has 126 valence electrons. The monoisotopic (exact) mass is 345 g/mol. The normalized spacial score (nSPS) is 21.8. The van der Waals surface area contributed by atoms with Gasteiger partial charge < -0.3 is 20.1 Å². The van der Waals surface area contributed by atoms with Gasteiger partial charge >= 0.3 is 5.97 Å². The van der Waals surface area contributed by atoms with Crippen molar-refractivity contribution in [2.45, 2.75) is 24.9 Å². The number of aromatic nitrogens is 1. The van der Waals surface area contributed by atoms with Crippen molar-refractivity contribution in [1.82, 2.24) is 4.98 Å². The maximum absolute atomic E-state index is 11.1. The smallest absolute Gasteiger partial charge is 0.329 e. The van der Waals surface area contributed by atoms with Gasteiger partial charge in [-0.3, -0.25) is 4.99 Å². The molecule has 0 spiro atoms. The molecule has 1 saturated heterocycles. The Hall–Kier alpha value is -1.99. The fourth-order valence-electron chi connectivity index (χ4n) is 3.10. The van der Waals surface area contributed by atoms with Crippen molar-refractivity contribution in [3.05, 3.63) is 30.0 Å². The minimum Gasteiger partial charge on any atom is -0.480 e. The average molecular weight is 345 g/mol. The number of para-hydroxylation sites is 1. The van der Waals surface area contributed by atoms with Gasteiger partial charge in [0.15, 0.2) is 6.04 Å². The molecule has 2 aromatic rings. The molecule has 7 heteroatoms. The second kappa shape index (κ2) is 6.49. The number of carboxylic acid groups (broad SMARTS) is 1. The lowest BCUT2D eigenvalue weighted by Crippen LogP contribution is -2.27. The minimum absolute atomic E-state index is 0.422. The third-order valence-corrected chi connectivity index (χ3v) is 5.48. The van der Waals surface area contributed by atoms with Crippen molar-refractivity contribution < 1.29 is 14.6 Å². The Labute approximate surface area is 143 Å². The molecule has 2 aliphatic heterocycles. The van der Waals surface area contributed by atoms with Crippen LogP contribution >= 0.6 is 11.8 Å². The molecule has 0 aliphatic carbocycles. The van der Waals surface area contributed by atoms with Crippen LogP contribution in [-0.4, -0.2) is 52.2 Å². The van der Waals surface area contributed by atoms with Crippen LogP contribution in [0.3, 0.4) is 0 Å². The summed E-state index contributed by atoms with van der Waals surface area (Å²) in [5.74, 6) is -0.372. The molecule has 0 saturated carbocycles. The van der Waals surface area contributed by atoms with Crippen molar-refractivity contribution in [3.63, 3.8) is 0 Å². The van der Waals surface area contributed by atoms with Crippen molar-refractivity contribution in [3.8, 4) is 0 Å². The lowest BCUT2D eigenvalue weighted by Gasteiger charge is -2.24. The van der Waals surface area contributed by atoms with E-state index in [1.807, 2.05) is 12.1 Å². The number of thioether (sulfide) groups is 1. The van der Waals surface area contributed by atoms with Crippen molar-refractivity contribution >= 4 is 39.4 Å². The Balaban J connectivity index is 1.62. The summed E-state index contributed by atoms with van der Waals surface area (Å²) in [6.07, 6.45) is 2.01. The van der Waals surface area contributed by atoms with Crippen LogP contribution in [0, 0.1) is 0 Å². The fourth-order valence-corrected chi connectivity index (χ4v) is 4.10. The summed E-state index contributed by atoms with van der Waals surface area (Å²) in [6, 6.07) is 7.98. The van der Waals surface area contributed by atoms with Crippen LogP contribution in [0.5, 0.6) is 0 Å². The highest BCUT2D eigenvalue weighted by Crippen LogP contribution is 2.29. The van der Waals surface area contributed by atoms with Gasteiger partial charge in [-0.2, -0.15) is 0 Å². The van der Waals surface area contributed by atoms with Gasteiger partial charge in [0.05, 0.1) is 16.9 Å². The number of rotatable bonds is 4. The quantitative estimate of drug-likeness (QED) is 0.793. The summed E-state index contributed by atoms with van der Waals surface area (Å²) in [5.41, 5.74) is 3.00. The number of aliphatic imine (C=N–C) groups is 1. The number of hydrogen-bond donors (Lipinski definition) is 3. The minimum atomic E-state index is -0.865. The molecule has 1 aromatic carbocycles. The first kappa shape index (κ1) is 15.5. The highest BCUT2D eigenvalue weighted by atomic mass is 32.2. The van der Waals surface area contributed by atoms with E-state index in [-0.39, 0.29) is 0 Å². The van der Waals surface area contributed by atoms with E-state index < -0.39 is 12.0 Å². The number of carboxylic acids is 1. The number of nitrogens with zero attached hydrogens (tertiary/aromatic N) is 1. The second-order valence-electron chi connectivity index (χ2n) is 6.08. The molecule has 4 rings (SSSR count). The molecule has 24 heavy (non-hydrogen) atoms. The maximum Gasteiger partial charge on any atom is 0.329 e. The molecule has 1 fully saturated rings. The first-order valence-electron chi connectivity index (χ1n) is 8.10. The van der Waals surface area contributed by atoms with E-state index in [1.54, 1.807) is 0 Å². The van der Waals surface area contributed by atoms with Gasteiger partial charge in [-0.15, -0.1) is 11.8 Å². The Morgan fingerprint density at radius 1 is 1.38 bits per heavy atom. The molecule has 1 aromatic heterocycles. The number of hydrogen-bond acceptors (Lipinski definition) is 5. The molecule has 0 bridgehead atoms. The molecule has 2 aliphatic rings. The third-order valence-electron chi connectivity index (χ3n) is 4.40. The van der Waals surface area contributed by atoms with Gasteiger partial charge in [0.2, 0.25) is 0 Å². The van der Waals surface area contributed by atoms with Crippen LogP contribution in [0.25, 0.3) is 10.9 Å². The Bertz CT molecular complexity index is 795. The van der Waals surface area contributed by atoms with Crippen LogP contribution in [-0.2, 0) is 9.53 Å². The average Bonchev–Trinajstić information content (AvgIpc) is 3.23. The molecule has 0 radical (unpaired) electrons. The molecular weight excluding hydrogens is 326 g/mol. The van der Waals surface area contributed by atoms with Gasteiger partial charge in [-0.05, 0) is 25.0 Å². The number of carbonyl (C=O) groups is 1. The van der Waals surface area contributed by atoms with Crippen LogP contribution < -0.4 is 5.32 Å². The number of ether oxygens (including phenoxy) is 1. The van der Waals surface area contributed by atoms with Crippen LogP contribution in [0.1, 0.15) is 18.5 Å². The van der Waals surface area contributed by atoms with Crippen LogP contribution in [0.15, 0.2) is 29.3 Å². The number of H-pyrrole nitrogens is 1. The fraction of sp³-hybridized carbons (Fsp3) is 0.412. The first-order valence-corrected chi connectivity index (χ1v) is 9.09. The van der Waals surface area contributed by atoms with E-state index in [0.717, 1.165) is 53.4 Å². The predicted octanol–water partition coefficient (Wildman–Crippen LogP) is 2.71. The molecular formula is C17H19N3O3S. The van der Waals surface area contributed by atoms with E-state index in [2.05, 4.69) is 27.4 Å². The summed E-state index contributed by atoms with van der Waals surface area (Å²) in [5, 5.41) is 14.6. The Morgan fingerprint density at radius 3 is 2.96 bits per heavy atom. The van der Waals surface area contributed by atoms with Gasteiger partial charge in [0, 0.05) is 30.4 Å². The zero-order chi connectivity index (χ0) is 16.5. The standard InChI is InChI=1S/C17H19N3O3S/c21-17(22)14-9-24-16(20-14)13-8-10-2-1-3-12(15(10)19-13)18-11-4-6-23-7-5-11/h1-3,8,11,14,18-19H,4-7,9H2,(H,21,22). The highest BCUT2D eigenvalue weighted by Gasteiger charge is 2.26. The van der Waals surface area contributed by atoms with E-state index in [4.69, 9.17) is 9.84 Å². The number of benzene rings is 1. The van der Waals surface area contributed by atoms with E-state index in [0.29, 0.717) is 11.8 Å². The largest absolute Gasteiger partial charge is 0.480 e. The van der Waals surface area contributed by atoms with E-state index in [9.17, 15) is 4.79 Å². The van der Waals surface area contributed by atoms with Gasteiger partial charge in [-0.1, -0.05) is 12.1 Å². The lowest BCUT2D eigenvalue weighted by molar-refractivity contribution is -0.137. The van der Waals surface area contributed by atoms with E-state index >= 15 is 0 Å². The highest BCUT2D eigenvalue weighted by molar-refractivity contribution is 8.14. The van der Waals surface area contributed by atoms with Crippen molar-refractivity contribution in [2.75, 3.05) is 24.3 Å². The summed E-state index contributed by atoms with van der Waals surface area (Å²) in [6.45, 7) is 1.60. The lowest BCUT2D eigenvalue weighted by atomic mass is 10.1. The third kappa shape index (κ3) is 3.01. The summed E-state index contributed by atoms with van der Waals surface area (Å²) >= 11 is 1.49. The second-order valence-corrected chi connectivity index (χ2v) is 7.09. The molecule has 1 atom stereocenters. The SMILES string of the molecule is O=C(O)C1CSC(c2cc3cccc(NC4CCOCC4)c3[nH]2)=N1. The zero-order valence-electron chi connectivity index (χ0n) is 13.1. The van der Waals surface area contributed by atoms with Gasteiger partial charge in [0.25, 0.3) is 0 Å². The van der Waals surface area contributed by atoms with E-state index in [1.165, 1.54) is 11.8 Å². The molecule has 1 unspecified atom stereocenters. The Kier molecular flexibility index (Phi) is 4.20. The molecule has 6 nitrogen and oxygen atoms in total. The number of aliphatic carboxylic acids is 1. The first-order chi connectivity index (χ1) is 11.7. The predicted molar refractivity (Wildman–Crippen MR) is 96.2 cm³/mol. The number of fused-ring (bicyclic) bond motifs is 1. The maximum atomic E-state index is 11.1. The molecule has 3 heterocycles. The van der Waals surface area contributed by atoms with Crippen LogP contribution in [0.4, 0.5) is 5.69 Å². The van der Waals surface area contributed by atoms with Gasteiger partial charge in [0.1, 0.15) is 5.04 Å². The number of aromatic amines is 1. The van der Waals surface area contributed by atoms with Crippen LogP contribution in [0.2, 0.25) is 0 Å². The number of nitrogens with one attached hydrogen (secondary N) is 2. The van der Waals surface area contributed by atoms with Crippen molar-refractivity contribution in [2.24, 2.45) is 4.99 Å². The van der Waals surface area contributed by atoms with Gasteiger partial charge in [-0.25, -0.2) is 4.79 Å². The van der Waals surface area contributed by atoms with Crippen molar-refractivity contribution in [1.29, 1.82) is 0 Å². The summed E-state index contributed by atoms with van der Waals surface area (Å²) < 4.78 is 5.41. The topological polar surface area (TPSA) is 86.7 Å². The molecule has 0 amide bonds. The summed E-state index contributed by atoms with van der Waals surface area (Å²) in [4.78, 5) is 18.8. The Morgan fingerprint density at radius 2 is 2.21 bits per heavy atom. The summed E-state index contributed by atoms with van der Waals surface area (Å²) in [7, 11) is 0. The zero-order valence-corrected chi connectivity index (χ0v) is 13.9. The number of anilines is 1.